The Morgan fingerprint density at radius 3 is 2.29 bits per heavy atom. The Morgan fingerprint density at radius 2 is 1.74 bits per heavy atom. The van der Waals surface area contributed by atoms with Crippen LogP contribution in [-0.4, -0.2) is 60.0 Å². The van der Waals surface area contributed by atoms with Crippen LogP contribution < -0.4 is 19.3 Å². The third-order valence-corrected chi connectivity index (χ3v) is 6.44. The molecule has 0 unspecified atom stereocenters. The Hall–Kier alpha value is -2.78. The molecule has 0 saturated carbocycles. The predicted octanol–water partition coefficient (Wildman–Crippen LogP) is 2.00. The van der Waals surface area contributed by atoms with Gasteiger partial charge >= 0.3 is 0 Å². The Labute approximate surface area is 183 Å². The maximum absolute atomic E-state index is 12.8. The fourth-order valence-corrected chi connectivity index (χ4v) is 4.70. The van der Waals surface area contributed by atoms with Gasteiger partial charge in [0.1, 0.15) is 11.8 Å². The summed E-state index contributed by atoms with van der Waals surface area (Å²) < 4.78 is 36.4. The van der Waals surface area contributed by atoms with Crippen LogP contribution in [0.4, 0.5) is 11.4 Å². The fourth-order valence-electron chi connectivity index (χ4n) is 3.52. The van der Waals surface area contributed by atoms with E-state index in [1.807, 2.05) is 24.3 Å². The van der Waals surface area contributed by atoms with Gasteiger partial charge in [-0.2, -0.15) is 0 Å². The van der Waals surface area contributed by atoms with Crippen LogP contribution in [0.5, 0.6) is 5.75 Å². The second-order valence-corrected chi connectivity index (χ2v) is 9.28. The molecule has 0 radical (unpaired) electrons. The molecule has 31 heavy (non-hydrogen) atoms. The highest BCUT2D eigenvalue weighted by molar-refractivity contribution is 7.92. The van der Waals surface area contributed by atoms with E-state index in [0.29, 0.717) is 18.0 Å². The molecular weight excluding hydrogens is 418 g/mol. The molecule has 1 atom stereocenters. The Bertz CT molecular complexity index is 971. The molecule has 2 aromatic carbocycles. The monoisotopic (exact) mass is 447 g/mol. The molecule has 2 aromatic rings. The molecule has 168 valence electrons. The summed E-state index contributed by atoms with van der Waals surface area (Å²) in [6, 6.07) is 13.6. The Morgan fingerprint density at radius 1 is 1.13 bits per heavy atom. The normalized spacial score (nSPS) is 15.3. The molecule has 1 heterocycles. The zero-order valence-corrected chi connectivity index (χ0v) is 18.9. The van der Waals surface area contributed by atoms with Gasteiger partial charge in [-0.15, -0.1) is 0 Å². The number of hydrogen-bond acceptors (Lipinski definition) is 6. The van der Waals surface area contributed by atoms with Crippen molar-refractivity contribution >= 4 is 27.3 Å². The number of morpholine rings is 1. The highest BCUT2D eigenvalue weighted by atomic mass is 32.2. The quantitative estimate of drug-likeness (QED) is 0.666. The number of sulfonamides is 1. The Kier molecular flexibility index (Phi) is 7.40. The lowest BCUT2D eigenvalue weighted by Gasteiger charge is -2.29. The predicted molar refractivity (Wildman–Crippen MR) is 121 cm³/mol. The van der Waals surface area contributed by atoms with Crippen molar-refractivity contribution in [1.29, 1.82) is 0 Å². The summed E-state index contributed by atoms with van der Waals surface area (Å²) >= 11 is 0. The van der Waals surface area contributed by atoms with Crippen LogP contribution in [0, 0.1) is 0 Å². The minimum Gasteiger partial charge on any atom is -0.497 e. The number of carbonyl (C=O) groups is 1. The van der Waals surface area contributed by atoms with Crippen molar-refractivity contribution in [3.8, 4) is 5.75 Å². The lowest BCUT2D eigenvalue weighted by atomic mass is 10.1. The largest absolute Gasteiger partial charge is 0.497 e. The first-order valence-corrected chi connectivity index (χ1v) is 12.0. The zero-order chi connectivity index (χ0) is 22.4. The topological polar surface area (TPSA) is 88.2 Å². The van der Waals surface area contributed by atoms with E-state index in [9.17, 15) is 13.2 Å². The van der Waals surface area contributed by atoms with E-state index in [2.05, 4.69) is 10.2 Å². The number of hydrogen-bond donors (Lipinski definition) is 1. The van der Waals surface area contributed by atoms with Gasteiger partial charge in [0.15, 0.2) is 0 Å². The number of carbonyl (C=O) groups excluding carboxylic acids is 1. The first kappa shape index (κ1) is 22.9. The van der Waals surface area contributed by atoms with Crippen LogP contribution in [0.3, 0.4) is 0 Å². The van der Waals surface area contributed by atoms with Crippen LogP contribution in [0.25, 0.3) is 0 Å². The van der Waals surface area contributed by atoms with Crippen molar-refractivity contribution in [3.05, 3.63) is 54.1 Å². The van der Waals surface area contributed by atoms with Gasteiger partial charge in [-0.25, -0.2) is 8.42 Å². The molecule has 3 rings (SSSR count). The summed E-state index contributed by atoms with van der Waals surface area (Å²) in [7, 11) is -2.13. The van der Waals surface area contributed by atoms with Crippen molar-refractivity contribution < 1.29 is 22.7 Å². The summed E-state index contributed by atoms with van der Waals surface area (Å²) in [5.41, 5.74) is 2.46. The van der Waals surface area contributed by atoms with Crippen LogP contribution >= 0.6 is 0 Å². The molecule has 0 bridgehead atoms. The summed E-state index contributed by atoms with van der Waals surface area (Å²) in [4.78, 5) is 15.0. The molecule has 0 aliphatic carbocycles. The van der Waals surface area contributed by atoms with E-state index < -0.39 is 16.1 Å². The average molecular weight is 448 g/mol. The smallest absolute Gasteiger partial charge is 0.243 e. The van der Waals surface area contributed by atoms with Crippen LogP contribution in [0.1, 0.15) is 12.5 Å². The van der Waals surface area contributed by atoms with Crippen LogP contribution in [-0.2, 0) is 26.1 Å². The maximum Gasteiger partial charge on any atom is 0.243 e. The van der Waals surface area contributed by atoms with Crippen molar-refractivity contribution in [1.82, 2.24) is 5.32 Å². The molecule has 1 N–H and O–H groups in total. The second kappa shape index (κ2) is 10.0. The van der Waals surface area contributed by atoms with E-state index in [0.717, 1.165) is 48.1 Å². The summed E-state index contributed by atoms with van der Waals surface area (Å²) in [5, 5.41) is 2.84. The second-order valence-electron chi connectivity index (χ2n) is 7.42. The lowest BCUT2D eigenvalue weighted by molar-refractivity contribution is -0.122. The van der Waals surface area contributed by atoms with E-state index in [-0.39, 0.29) is 5.91 Å². The van der Waals surface area contributed by atoms with Crippen molar-refractivity contribution in [2.75, 3.05) is 48.9 Å². The minimum atomic E-state index is -3.67. The number of nitrogens with one attached hydrogen (secondary N) is 1. The maximum atomic E-state index is 12.8. The van der Waals surface area contributed by atoms with E-state index >= 15 is 0 Å². The number of anilines is 2. The van der Waals surface area contributed by atoms with E-state index in [1.165, 1.54) is 7.11 Å². The zero-order valence-electron chi connectivity index (χ0n) is 18.1. The average Bonchev–Trinajstić information content (AvgIpc) is 2.78. The van der Waals surface area contributed by atoms with Crippen molar-refractivity contribution in [2.45, 2.75) is 19.5 Å². The first-order valence-electron chi connectivity index (χ1n) is 10.1. The molecule has 1 aliphatic rings. The van der Waals surface area contributed by atoms with Gasteiger partial charge in [0, 0.05) is 25.3 Å². The number of rotatable bonds is 8. The number of methoxy groups -OCH3 is 1. The summed E-state index contributed by atoms with van der Waals surface area (Å²) in [5.74, 6) is 0.230. The summed E-state index contributed by atoms with van der Waals surface area (Å²) in [6.45, 7) is 5.05. The first-order chi connectivity index (χ1) is 14.8. The number of ether oxygens (including phenoxy) is 2. The molecule has 1 saturated heterocycles. The van der Waals surface area contributed by atoms with Crippen LogP contribution in [0.2, 0.25) is 0 Å². The third-order valence-electron chi connectivity index (χ3n) is 5.19. The van der Waals surface area contributed by atoms with Gasteiger partial charge < -0.3 is 19.7 Å². The molecule has 8 nitrogen and oxygen atoms in total. The fraction of sp³-hybridized carbons (Fsp3) is 0.409. The number of amides is 1. The van der Waals surface area contributed by atoms with Gasteiger partial charge in [-0.3, -0.25) is 9.10 Å². The molecule has 0 spiro atoms. The molecule has 9 heteroatoms. The van der Waals surface area contributed by atoms with Gasteiger partial charge in [0.25, 0.3) is 0 Å². The standard InChI is InChI=1S/C22H29N3O5S/c1-17(25(31(3,27)28)20-8-10-21(29-2)11-9-20)22(26)23-16-18-4-6-19(7-5-18)24-12-14-30-15-13-24/h4-11,17H,12-16H2,1-3H3,(H,23,26)/t17-/m1/s1. The van der Waals surface area contributed by atoms with Gasteiger partial charge in [-0.05, 0) is 48.9 Å². The lowest BCUT2D eigenvalue weighted by Crippen LogP contribution is -2.47. The number of nitrogens with zero attached hydrogens (tertiary/aromatic N) is 2. The highest BCUT2D eigenvalue weighted by Gasteiger charge is 2.29. The Balaban J connectivity index is 1.64. The van der Waals surface area contributed by atoms with Gasteiger partial charge in [0.2, 0.25) is 15.9 Å². The molecule has 1 fully saturated rings. The molecule has 1 aliphatic heterocycles. The molecule has 0 aromatic heterocycles. The van der Waals surface area contributed by atoms with Gasteiger partial charge in [0.05, 0.1) is 32.3 Å². The molecular formula is C22H29N3O5S. The number of benzene rings is 2. The highest BCUT2D eigenvalue weighted by Crippen LogP contribution is 2.24. The molecule has 1 amide bonds. The third kappa shape index (κ3) is 5.89. The SMILES string of the molecule is COc1ccc(N([C@H](C)C(=O)NCc2ccc(N3CCOCC3)cc2)S(C)(=O)=O)cc1. The van der Waals surface area contributed by atoms with Crippen LogP contribution in [0.15, 0.2) is 48.5 Å². The van der Waals surface area contributed by atoms with Gasteiger partial charge in [-0.1, -0.05) is 12.1 Å². The van der Waals surface area contributed by atoms with Crippen molar-refractivity contribution in [3.63, 3.8) is 0 Å². The van der Waals surface area contributed by atoms with E-state index in [4.69, 9.17) is 9.47 Å². The van der Waals surface area contributed by atoms with E-state index in [1.54, 1.807) is 31.2 Å². The van der Waals surface area contributed by atoms with Crippen molar-refractivity contribution in [2.24, 2.45) is 0 Å². The minimum absolute atomic E-state index is 0.312. The summed E-state index contributed by atoms with van der Waals surface area (Å²) in [6.07, 6.45) is 1.09.